The van der Waals surface area contributed by atoms with Crippen LogP contribution in [-0.2, 0) is 17.8 Å². The van der Waals surface area contributed by atoms with Crippen molar-refractivity contribution >= 4 is 28.7 Å². The van der Waals surface area contributed by atoms with Crippen LogP contribution in [0.3, 0.4) is 0 Å². The molecule has 1 amide bonds. The first-order valence-electron chi connectivity index (χ1n) is 8.89. The van der Waals surface area contributed by atoms with Crippen molar-refractivity contribution in [1.82, 2.24) is 19.6 Å². The standard InChI is InChI=1S/C20H20ClN5O/c1-4-15-17(16-6-5-14(21)12-25(16)23-15)18-20(2,3)19(27)26(24-18)11-13-7-9-22-10-8-13/h5-10,12H,4,11H2,1-3H3. The molecule has 0 bridgehead atoms. The molecule has 6 nitrogen and oxygen atoms in total. The van der Waals surface area contributed by atoms with Gasteiger partial charge in [-0.25, -0.2) is 9.52 Å². The van der Waals surface area contributed by atoms with E-state index in [-0.39, 0.29) is 5.91 Å². The van der Waals surface area contributed by atoms with Crippen molar-refractivity contribution in [2.75, 3.05) is 0 Å². The van der Waals surface area contributed by atoms with Crippen molar-refractivity contribution in [2.45, 2.75) is 33.7 Å². The van der Waals surface area contributed by atoms with Gasteiger partial charge in [0.25, 0.3) is 5.91 Å². The second-order valence-electron chi connectivity index (χ2n) is 7.14. The molecule has 1 aliphatic rings. The normalized spacial score (nSPS) is 16.2. The fourth-order valence-electron chi connectivity index (χ4n) is 3.42. The third-order valence-electron chi connectivity index (χ3n) is 4.90. The first-order valence-corrected chi connectivity index (χ1v) is 9.26. The van der Waals surface area contributed by atoms with Crippen LogP contribution in [0.15, 0.2) is 48.0 Å². The van der Waals surface area contributed by atoms with E-state index in [0.717, 1.165) is 34.5 Å². The van der Waals surface area contributed by atoms with Crippen LogP contribution in [0.2, 0.25) is 5.02 Å². The van der Waals surface area contributed by atoms with Gasteiger partial charge < -0.3 is 0 Å². The summed E-state index contributed by atoms with van der Waals surface area (Å²) in [5.74, 6) is -0.0234. The number of halogens is 1. The fraction of sp³-hybridized carbons (Fsp3) is 0.300. The average Bonchev–Trinajstić information content (AvgIpc) is 3.11. The van der Waals surface area contributed by atoms with Crippen LogP contribution in [0.5, 0.6) is 0 Å². The molecule has 138 valence electrons. The molecular formula is C20H20ClN5O. The molecule has 1 aliphatic heterocycles. The number of aryl methyl sites for hydroxylation is 1. The first kappa shape index (κ1) is 17.7. The van der Waals surface area contributed by atoms with Crippen molar-refractivity contribution in [1.29, 1.82) is 0 Å². The molecule has 7 heteroatoms. The lowest BCUT2D eigenvalue weighted by Gasteiger charge is -2.19. The highest BCUT2D eigenvalue weighted by molar-refractivity contribution is 6.30. The summed E-state index contributed by atoms with van der Waals surface area (Å²) in [6, 6.07) is 7.55. The van der Waals surface area contributed by atoms with Gasteiger partial charge in [-0.15, -0.1) is 0 Å². The number of hydrogen-bond donors (Lipinski definition) is 0. The number of pyridine rings is 2. The molecule has 27 heavy (non-hydrogen) atoms. The summed E-state index contributed by atoms with van der Waals surface area (Å²) in [5, 5.41) is 11.5. The topological polar surface area (TPSA) is 62.9 Å². The highest BCUT2D eigenvalue weighted by Crippen LogP contribution is 2.36. The van der Waals surface area contributed by atoms with Gasteiger partial charge in [-0.2, -0.15) is 10.2 Å². The summed E-state index contributed by atoms with van der Waals surface area (Å²) in [6.45, 7) is 6.30. The molecule has 3 aromatic heterocycles. The van der Waals surface area contributed by atoms with E-state index < -0.39 is 5.41 Å². The number of carbonyl (C=O) groups excluding carboxylic acids is 1. The Morgan fingerprint density at radius 3 is 2.59 bits per heavy atom. The van der Waals surface area contributed by atoms with E-state index in [2.05, 4.69) is 10.1 Å². The van der Waals surface area contributed by atoms with Crippen LogP contribution in [-0.4, -0.2) is 31.2 Å². The number of amides is 1. The zero-order chi connectivity index (χ0) is 19.2. The molecule has 0 aliphatic carbocycles. The van der Waals surface area contributed by atoms with E-state index in [0.29, 0.717) is 11.6 Å². The van der Waals surface area contributed by atoms with Gasteiger partial charge in [-0.1, -0.05) is 18.5 Å². The molecule has 0 atom stereocenters. The molecule has 3 aromatic rings. The maximum Gasteiger partial charge on any atom is 0.254 e. The number of carbonyl (C=O) groups is 1. The monoisotopic (exact) mass is 381 g/mol. The predicted molar refractivity (Wildman–Crippen MR) is 105 cm³/mol. The van der Waals surface area contributed by atoms with Crippen molar-refractivity contribution < 1.29 is 4.79 Å². The summed E-state index contributed by atoms with van der Waals surface area (Å²) in [6.07, 6.45) is 5.95. The third kappa shape index (κ3) is 2.90. The largest absolute Gasteiger partial charge is 0.272 e. The molecule has 0 unspecified atom stereocenters. The van der Waals surface area contributed by atoms with Crippen LogP contribution in [0.25, 0.3) is 5.52 Å². The lowest BCUT2D eigenvalue weighted by atomic mass is 9.82. The number of aromatic nitrogens is 3. The van der Waals surface area contributed by atoms with Gasteiger partial charge in [0.1, 0.15) is 0 Å². The lowest BCUT2D eigenvalue weighted by Crippen LogP contribution is -2.35. The van der Waals surface area contributed by atoms with Crippen molar-refractivity contribution in [3.63, 3.8) is 0 Å². The Labute approximate surface area is 162 Å². The Morgan fingerprint density at radius 2 is 1.89 bits per heavy atom. The van der Waals surface area contributed by atoms with Gasteiger partial charge in [0, 0.05) is 24.2 Å². The summed E-state index contributed by atoms with van der Waals surface area (Å²) >= 11 is 6.12. The Balaban J connectivity index is 1.83. The Morgan fingerprint density at radius 1 is 1.15 bits per heavy atom. The zero-order valence-corrected chi connectivity index (χ0v) is 16.2. The zero-order valence-electron chi connectivity index (χ0n) is 15.5. The van der Waals surface area contributed by atoms with Gasteiger partial charge >= 0.3 is 0 Å². The molecule has 0 radical (unpaired) electrons. The molecule has 4 heterocycles. The van der Waals surface area contributed by atoms with Crippen LogP contribution < -0.4 is 0 Å². The molecule has 4 rings (SSSR count). The van der Waals surface area contributed by atoms with Gasteiger partial charge in [0.2, 0.25) is 0 Å². The highest BCUT2D eigenvalue weighted by atomic mass is 35.5. The predicted octanol–water partition coefficient (Wildman–Crippen LogP) is 3.72. The minimum absolute atomic E-state index is 0.0234. The Hall–Kier alpha value is -2.73. The molecule has 0 N–H and O–H groups in total. The molecular weight excluding hydrogens is 362 g/mol. The third-order valence-corrected chi connectivity index (χ3v) is 5.12. The van der Waals surface area contributed by atoms with Gasteiger partial charge in [-0.05, 0) is 50.1 Å². The summed E-state index contributed by atoms with van der Waals surface area (Å²) < 4.78 is 1.77. The molecule has 0 saturated carbocycles. The van der Waals surface area contributed by atoms with Crippen LogP contribution in [0.1, 0.15) is 37.6 Å². The maximum atomic E-state index is 13.1. The van der Waals surface area contributed by atoms with E-state index >= 15 is 0 Å². The van der Waals surface area contributed by atoms with Crippen LogP contribution >= 0.6 is 11.6 Å². The quantitative estimate of drug-likeness (QED) is 0.692. The van der Waals surface area contributed by atoms with Crippen LogP contribution in [0.4, 0.5) is 0 Å². The Bertz CT molecular complexity index is 1050. The van der Waals surface area contributed by atoms with Gasteiger partial charge in [0.05, 0.1) is 33.9 Å². The van der Waals surface area contributed by atoms with E-state index in [4.69, 9.17) is 16.7 Å². The van der Waals surface area contributed by atoms with E-state index in [1.165, 1.54) is 0 Å². The second-order valence-corrected chi connectivity index (χ2v) is 7.58. The molecule has 0 spiro atoms. The second kappa shape index (κ2) is 6.46. The van der Waals surface area contributed by atoms with Gasteiger partial charge in [0.15, 0.2) is 0 Å². The molecule has 0 aromatic carbocycles. The maximum absolute atomic E-state index is 13.1. The van der Waals surface area contributed by atoms with E-state index in [9.17, 15) is 4.79 Å². The van der Waals surface area contributed by atoms with E-state index in [1.54, 1.807) is 28.1 Å². The van der Waals surface area contributed by atoms with Crippen molar-refractivity contribution in [3.8, 4) is 0 Å². The smallest absolute Gasteiger partial charge is 0.254 e. The number of rotatable bonds is 4. The number of hydrazone groups is 1. The van der Waals surface area contributed by atoms with E-state index in [1.807, 2.05) is 45.0 Å². The van der Waals surface area contributed by atoms with Gasteiger partial charge in [-0.3, -0.25) is 9.78 Å². The minimum Gasteiger partial charge on any atom is -0.272 e. The highest BCUT2D eigenvalue weighted by Gasteiger charge is 2.45. The first-order chi connectivity index (χ1) is 12.9. The van der Waals surface area contributed by atoms with Crippen molar-refractivity contribution in [2.24, 2.45) is 10.5 Å². The minimum atomic E-state index is -0.736. The number of nitrogens with zero attached hydrogens (tertiary/aromatic N) is 5. The van der Waals surface area contributed by atoms with Crippen molar-refractivity contribution in [3.05, 3.63) is 64.7 Å². The number of fused-ring (bicyclic) bond motifs is 1. The average molecular weight is 382 g/mol. The SMILES string of the molecule is CCc1nn2cc(Cl)ccc2c1C1=NN(Cc2ccncc2)C(=O)C1(C)C. The summed E-state index contributed by atoms with van der Waals surface area (Å²) in [5.41, 5.74) is 3.73. The van der Waals surface area contributed by atoms with Crippen LogP contribution in [0, 0.1) is 5.41 Å². The summed E-state index contributed by atoms with van der Waals surface area (Å²) in [7, 11) is 0. The fourth-order valence-corrected chi connectivity index (χ4v) is 3.58. The number of hydrogen-bond acceptors (Lipinski definition) is 4. The summed E-state index contributed by atoms with van der Waals surface area (Å²) in [4.78, 5) is 17.1. The lowest BCUT2D eigenvalue weighted by molar-refractivity contribution is -0.135. The Kier molecular flexibility index (Phi) is 4.23. The molecule has 0 saturated heterocycles. The molecule has 0 fully saturated rings.